The van der Waals surface area contributed by atoms with Crippen LogP contribution in [-0.2, 0) is 4.74 Å². The molecule has 2 N–H and O–H groups in total. The molecule has 4 rings (SSSR count). The molecule has 4 aromatic carbocycles. The van der Waals surface area contributed by atoms with Crippen LogP contribution in [0.3, 0.4) is 0 Å². The Balaban J connectivity index is 2.06. The van der Waals surface area contributed by atoms with Crippen LogP contribution in [0.2, 0.25) is 0 Å². The molecule has 5 nitrogen and oxygen atoms in total. The van der Waals surface area contributed by atoms with Crippen molar-refractivity contribution in [3.05, 3.63) is 91.0 Å². The summed E-state index contributed by atoms with van der Waals surface area (Å²) in [7, 11) is 0. The molecule has 0 aliphatic heterocycles. The summed E-state index contributed by atoms with van der Waals surface area (Å²) in [5.74, 6) is -1.04. The van der Waals surface area contributed by atoms with E-state index in [1.807, 2.05) is 54.6 Å². The van der Waals surface area contributed by atoms with Gasteiger partial charge in [-0.25, -0.2) is 9.59 Å². The van der Waals surface area contributed by atoms with E-state index in [2.05, 4.69) is 11.9 Å². The lowest BCUT2D eigenvalue weighted by atomic mass is 9.89. The molecule has 5 heteroatoms. The Morgan fingerprint density at radius 3 is 2.10 bits per heavy atom. The maximum atomic E-state index is 12.3. The maximum absolute atomic E-state index is 12.3. The third-order valence-electron chi connectivity index (χ3n) is 4.91. The highest BCUT2D eigenvalue weighted by Crippen LogP contribution is 2.41. The van der Waals surface area contributed by atoms with Gasteiger partial charge in [0.05, 0.1) is 11.3 Å². The fourth-order valence-electron chi connectivity index (χ4n) is 3.64. The van der Waals surface area contributed by atoms with Crippen LogP contribution in [-0.4, -0.2) is 23.8 Å². The first-order valence-electron chi connectivity index (χ1n) is 9.42. The highest BCUT2D eigenvalue weighted by molar-refractivity contribution is 6.16. The van der Waals surface area contributed by atoms with Gasteiger partial charge in [0.25, 0.3) is 0 Å². The van der Waals surface area contributed by atoms with Gasteiger partial charge in [-0.05, 0) is 33.7 Å². The summed E-state index contributed by atoms with van der Waals surface area (Å²) in [6.45, 7) is 3.61. The van der Waals surface area contributed by atoms with Crippen LogP contribution in [0.15, 0.2) is 85.5 Å². The second-order valence-corrected chi connectivity index (χ2v) is 6.74. The summed E-state index contributed by atoms with van der Waals surface area (Å²) < 4.78 is 5.08. The predicted octanol–water partition coefficient (Wildman–Crippen LogP) is 6.09. The van der Waals surface area contributed by atoms with E-state index in [1.54, 1.807) is 18.2 Å². The van der Waals surface area contributed by atoms with Gasteiger partial charge in [-0.1, -0.05) is 73.3 Å². The van der Waals surface area contributed by atoms with Gasteiger partial charge < -0.3 is 9.84 Å². The van der Waals surface area contributed by atoms with Gasteiger partial charge in [0.2, 0.25) is 0 Å². The smallest absolute Gasteiger partial charge is 0.411 e. The molecule has 0 atom stereocenters. The van der Waals surface area contributed by atoms with Gasteiger partial charge in [-0.3, -0.25) is 5.32 Å². The molecule has 1 amide bonds. The lowest BCUT2D eigenvalue weighted by Crippen LogP contribution is -2.14. The number of rotatable bonds is 5. The topological polar surface area (TPSA) is 75.6 Å². The Labute approximate surface area is 173 Å². The molecule has 0 fully saturated rings. The zero-order chi connectivity index (χ0) is 21.1. The van der Waals surface area contributed by atoms with Crippen LogP contribution in [0.5, 0.6) is 0 Å². The molecule has 4 aromatic rings. The number of aromatic carboxylic acids is 1. The zero-order valence-corrected chi connectivity index (χ0v) is 16.1. The number of carbonyl (C=O) groups excluding carboxylic acids is 1. The predicted molar refractivity (Wildman–Crippen MR) is 119 cm³/mol. The summed E-state index contributed by atoms with van der Waals surface area (Å²) in [5, 5.41) is 16.1. The van der Waals surface area contributed by atoms with Crippen LogP contribution in [0, 0.1) is 0 Å². The van der Waals surface area contributed by atoms with Crippen molar-refractivity contribution in [3.8, 4) is 11.1 Å². The van der Waals surface area contributed by atoms with Crippen LogP contribution in [0.4, 0.5) is 10.5 Å². The van der Waals surface area contributed by atoms with Gasteiger partial charge in [0, 0.05) is 11.1 Å². The number of hydrogen-bond acceptors (Lipinski definition) is 3. The van der Waals surface area contributed by atoms with Crippen LogP contribution >= 0.6 is 0 Å². The first-order valence-corrected chi connectivity index (χ1v) is 9.42. The molecule has 0 saturated heterocycles. The Bertz CT molecular complexity index is 1290. The molecule has 0 bridgehead atoms. The second-order valence-electron chi connectivity index (χ2n) is 6.74. The number of benzene rings is 4. The molecule has 30 heavy (non-hydrogen) atoms. The zero-order valence-electron chi connectivity index (χ0n) is 16.1. The Kier molecular flexibility index (Phi) is 5.18. The van der Waals surface area contributed by atoms with Crippen molar-refractivity contribution in [1.29, 1.82) is 0 Å². The van der Waals surface area contributed by atoms with Crippen LogP contribution in [0.25, 0.3) is 32.7 Å². The van der Waals surface area contributed by atoms with Crippen LogP contribution < -0.4 is 5.32 Å². The van der Waals surface area contributed by atoms with E-state index < -0.39 is 12.1 Å². The fraction of sp³-hybridized carbons (Fsp3) is 0.0400. The Hall–Kier alpha value is -4.12. The molecular weight excluding hydrogens is 378 g/mol. The molecule has 148 valence electrons. The minimum Gasteiger partial charge on any atom is -0.478 e. The van der Waals surface area contributed by atoms with Crippen molar-refractivity contribution in [2.45, 2.75) is 0 Å². The van der Waals surface area contributed by atoms with Crippen molar-refractivity contribution in [2.75, 3.05) is 11.9 Å². The number of fused-ring (bicyclic) bond motifs is 2. The van der Waals surface area contributed by atoms with E-state index in [9.17, 15) is 14.7 Å². The standard InChI is InChI=1S/C25H19NO4/c1-2-15-30-25(29)26-21-14-12-17-8-4-6-10-19(17)23(21)22-18-9-5-3-7-16(18)11-13-20(22)24(27)28/h2-14H,1,15H2,(H,26,29)(H,27,28). The number of hydrogen-bond donors (Lipinski definition) is 2. The number of carboxylic acids is 1. The minimum atomic E-state index is -1.04. The van der Waals surface area contributed by atoms with Crippen molar-refractivity contribution < 1.29 is 19.4 Å². The summed E-state index contributed by atoms with van der Waals surface area (Å²) in [4.78, 5) is 24.4. The Morgan fingerprint density at radius 1 is 0.867 bits per heavy atom. The van der Waals surface area contributed by atoms with Crippen molar-refractivity contribution in [3.63, 3.8) is 0 Å². The molecule has 0 aliphatic carbocycles. The van der Waals surface area contributed by atoms with E-state index in [0.717, 1.165) is 21.5 Å². The molecule has 0 aromatic heterocycles. The quantitative estimate of drug-likeness (QED) is 0.399. The van der Waals surface area contributed by atoms with Crippen molar-refractivity contribution in [1.82, 2.24) is 0 Å². The number of amides is 1. The van der Waals surface area contributed by atoms with Gasteiger partial charge >= 0.3 is 12.1 Å². The molecule has 0 spiro atoms. The monoisotopic (exact) mass is 397 g/mol. The first-order chi connectivity index (χ1) is 14.6. The summed E-state index contributed by atoms with van der Waals surface area (Å²) in [6, 6.07) is 22.3. The van der Waals surface area contributed by atoms with E-state index in [4.69, 9.17) is 4.74 Å². The summed E-state index contributed by atoms with van der Waals surface area (Å²) in [5.41, 5.74) is 1.82. The van der Waals surface area contributed by atoms with E-state index in [-0.39, 0.29) is 12.2 Å². The van der Waals surface area contributed by atoms with Gasteiger partial charge in [-0.2, -0.15) is 0 Å². The average Bonchev–Trinajstić information content (AvgIpc) is 2.77. The van der Waals surface area contributed by atoms with E-state index in [0.29, 0.717) is 16.8 Å². The number of carbonyl (C=O) groups is 2. The molecule has 0 heterocycles. The number of ether oxygens (including phenoxy) is 1. The van der Waals surface area contributed by atoms with Crippen LogP contribution in [0.1, 0.15) is 10.4 Å². The molecular formula is C25H19NO4. The maximum Gasteiger partial charge on any atom is 0.411 e. The number of anilines is 1. The van der Waals surface area contributed by atoms with E-state index in [1.165, 1.54) is 6.08 Å². The second kappa shape index (κ2) is 8.09. The van der Waals surface area contributed by atoms with Gasteiger partial charge in [0.15, 0.2) is 0 Å². The third-order valence-corrected chi connectivity index (χ3v) is 4.91. The van der Waals surface area contributed by atoms with Crippen molar-refractivity contribution >= 4 is 39.3 Å². The molecule has 0 saturated carbocycles. The largest absolute Gasteiger partial charge is 0.478 e. The normalized spacial score (nSPS) is 10.7. The third kappa shape index (κ3) is 3.49. The molecule has 0 radical (unpaired) electrons. The van der Waals surface area contributed by atoms with Crippen molar-refractivity contribution in [2.24, 2.45) is 0 Å². The SMILES string of the molecule is C=CCOC(=O)Nc1ccc2ccccc2c1-c1c(C(=O)O)ccc2ccccc12. The van der Waals surface area contributed by atoms with Gasteiger partial charge in [0.1, 0.15) is 6.61 Å². The van der Waals surface area contributed by atoms with E-state index >= 15 is 0 Å². The summed E-state index contributed by atoms with van der Waals surface area (Å²) in [6.07, 6.45) is 0.845. The lowest BCUT2D eigenvalue weighted by Gasteiger charge is -2.18. The number of carboxylic acid groups (broad SMARTS) is 1. The molecule has 0 aliphatic rings. The fourth-order valence-corrected chi connectivity index (χ4v) is 3.64. The molecule has 0 unspecified atom stereocenters. The highest BCUT2D eigenvalue weighted by atomic mass is 16.5. The Morgan fingerprint density at radius 2 is 1.47 bits per heavy atom. The average molecular weight is 397 g/mol. The summed E-state index contributed by atoms with van der Waals surface area (Å²) >= 11 is 0. The number of nitrogens with one attached hydrogen (secondary N) is 1. The highest BCUT2D eigenvalue weighted by Gasteiger charge is 2.21. The lowest BCUT2D eigenvalue weighted by molar-refractivity contribution is 0.0698. The first kappa shape index (κ1) is 19.2. The minimum absolute atomic E-state index is 0.0728. The van der Waals surface area contributed by atoms with Gasteiger partial charge in [-0.15, -0.1) is 0 Å².